The van der Waals surface area contributed by atoms with Crippen molar-refractivity contribution < 1.29 is 44.6 Å². The molecule has 42 heavy (non-hydrogen) atoms. The van der Waals surface area contributed by atoms with E-state index in [9.17, 15) is 35.1 Å². The van der Waals surface area contributed by atoms with E-state index >= 15 is 0 Å². The van der Waals surface area contributed by atoms with Crippen LogP contribution in [0.15, 0.2) is 66.9 Å². The quantitative estimate of drug-likeness (QED) is 0.142. The first-order valence-electron chi connectivity index (χ1n) is 13.4. The van der Waals surface area contributed by atoms with Gasteiger partial charge in [-0.25, -0.2) is 0 Å². The smallest absolute Gasteiger partial charge is 0.257 e. The van der Waals surface area contributed by atoms with Gasteiger partial charge in [-0.1, -0.05) is 36.4 Å². The fraction of sp³-hybridized carbons (Fsp3) is 0.333. The van der Waals surface area contributed by atoms with Crippen LogP contribution in [-0.4, -0.2) is 98.9 Å². The van der Waals surface area contributed by atoms with Crippen LogP contribution in [-0.2, 0) is 16.1 Å². The average molecular weight is 580 g/mol. The van der Waals surface area contributed by atoms with Crippen molar-refractivity contribution in [3.63, 3.8) is 0 Å². The molecule has 0 bridgehead atoms. The molecular formula is C30H33N3O9. The molecule has 1 aliphatic rings. The Morgan fingerprint density at radius 2 is 1.79 bits per heavy atom. The highest BCUT2D eigenvalue weighted by Crippen LogP contribution is 2.32. The number of amides is 2. The topological polar surface area (TPSA) is 183 Å². The van der Waals surface area contributed by atoms with E-state index in [1.54, 1.807) is 24.4 Å². The Hall–Kier alpha value is -4.04. The number of carbonyl (C=O) groups excluding carboxylic acids is 2. The van der Waals surface area contributed by atoms with E-state index in [-0.39, 0.29) is 18.1 Å². The molecule has 2 heterocycles. The van der Waals surface area contributed by atoms with Gasteiger partial charge in [-0.2, -0.15) is 0 Å². The van der Waals surface area contributed by atoms with Crippen molar-refractivity contribution in [2.75, 3.05) is 26.9 Å². The highest BCUT2D eigenvalue weighted by Gasteiger charge is 2.56. The number of fused-ring (bicyclic) bond motifs is 2. The number of hydrogen-bond acceptors (Lipinski definition) is 9. The van der Waals surface area contributed by atoms with E-state index < -0.39 is 49.3 Å². The van der Waals surface area contributed by atoms with Crippen LogP contribution >= 0.6 is 0 Å². The zero-order valence-corrected chi connectivity index (χ0v) is 22.8. The number of likely N-dealkylation sites (N-methyl/N-ethyl adjacent to an activating group) is 1. The van der Waals surface area contributed by atoms with Gasteiger partial charge in [-0.15, -0.1) is 0 Å². The standard InChI is InChI=1S/C30H33N3O9/c1-31-25(36)15-41-20-8-9-21-22(28(39)32-30(16-35)27(38)26(37)24(14-34)42-29(30)40)13-33(23(21)11-20)12-17-6-7-18-4-2-3-5-19(18)10-17/h2-11,13,24,26-27,29,34-35,37-38,40H,12,14-16H2,1H3,(H,31,36)(H,32,39)/t24-,26-,27+,29?,30-/m1/s1. The first-order valence-corrected chi connectivity index (χ1v) is 13.4. The van der Waals surface area contributed by atoms with Gasteiger partial charge in [0.25, 0.3) is 11.8 Å². The summed E-state index contributed by atoms with van der Waals surface area (Å²) in [5, 5.41) is 59.0. The first kappa shape index (κ1) is 29.5. The summed E-state index contributed by atoms with van der Waals surface area (Å²) in [7, 11) is 1.50. The van der Waals surface area contributed by atoms with E-state index in [2.05, 4.69) is 10.6 Å². The molecule has 12 heteroatoms. The average Bonchev–Trinajstić information content (AvgIpc) is 3.37. The van der Waals surface area contributed by atoms with Gasteiger partial charge in [0.15, 0.2) is 12.9 Å². The van der Waals surface area contributed by atoms with Crippen molar-refractivity contribution in [2.45, 2.75) is 36.7 Å². The largest absolute Gasteiger partial charge is 0.484 e. The number of hydrogen-bond donors (Lipinski definition) is 7. The Kier molecular flexibility index (Phi) is 8.45. The molecule has 222 valence electrons. The lowest BCUT2D eigenvalue weighted by Crippen LogP contribution is -2.74. The van der Waals surface area contributed by atoms with E-state index in [4.69, 9.17) is 9.47 Å². The molecule has 4 aromatic rings. The van der Waals surface area contributed by atoms with E-state index in [1.165, 1.54) is 7.05 Å². The maximum absolute atomic E-state index is 13.7. The number of aliphatic hydroxyl groups is 5. The number of carbonyl (C=O) groups is 2. The van der Waals surface area contributed by atoms with Gasteiger partial charge >= 0.3 is 0 Å². The summed E-state index contributed by atoms with van der Waals surface area (Å²) >= 11 is 0. The minimum atomic E-state index is -2.18. The number of aliphatic hydroxyl groups excluding tert-OH is 5. The molecule has 0 aliphatic carbocycles. The number of nitrogens with one attached hydrogen (secondary N) is 2. The predicted octanol–water partition coefficient (Wildman–Crippen LogP) is -0.140. The molecule has 12 nitrogen and oxygen atoms in total. The molecule has 5 rings (SSSR count). The lowest BCUT2D eigenvalue weighted by Gasteiger charge is -2.48. The lowest BCUT2D eigenvalue weighted by atomic mass is 9.83. The molecule has 1 aromatic heterocycles. The predicted molar refractivity (Wildman–Crippen MR) is 152 cm³/mol. The summed E-state index contributed by atoms with van der Waals surface area (Å²) in [6.07, 6.45) is -5.21. The SMILES string of the molecule is CNC(=O)COc1ccc2c(C(=O)N[C@@]3(CO)C(O)O[C@H](CO)[C@@H](O)[C@@H]3O)cn(Cc3ccc4ccccc4c3)c2c1. The van der Waals surface area contributed by atoms with Crippen LogP contribution in [0.2, 0.25) is 0 Å². The Labute approximate surface area is 240 Å². The van der Waals surface area contributed by atoms with Gasteiger partial charge in [0.2, 0.25) is 0 Å². The zero-order valence-electron chi connectivity index (χ0n) is 22.8. The zero-order chi connectivity index (χ0) is 30.0. The third kappa shape index (κ3) is 5.43. The summed E-state index contributed by atoms with van der Waals surface area (Å²) in [5.74, 6) is -0.678. The number of ether oxygens (including phenoxy) is 2. The molecule has 7 N–H and O–H groups in total. The Morgan fingerprint density at radius 1 is 1.02 bits per heavy atom. The van der Waals surface area contributed by atoms with Crippen LogP contribution < -0.4 is 15.4 Å². The minimum absolute atomic E-state index is 0.148. The molecule has 3 aromatic carbocycles. The molecule has 2 amide bonds. The number of rotatable bonds is 9. The summed E-state index contributed by atoms with van der Waals surface area (Å²) in [6.45, 7) is -1.50. The minimum Gasteiger partial charge on any atom is -0.484 e. The van der Waals surface area contributed by atoms with Gasteiger partial charge in [0.1, 0.15) is 29.6 Å². The monoisotopic (exact) mass is 579 g/mol. The molecular weight excluding hydrogens is 546 g/mol. The Balaban J connectivity index is 1.52. The summed E-state index contributed by atoms with van der Waals surface area (Å²) in [4.78, 5) is 25.4. The summed E-state index contributed by atoms with van der Waals surface area (Å²) in [6, 6.07) is 18.9. The van der Waals surface area contributed by atoms with E-state index in [0.29, 0.717) is 23.2 Å². The molecule has 0 saturated carbocycles. The van der Waals surface area contributed by atoms with E-state index in [1.807, 2.05) is 47.0 Å². The van der Waals surface area contributed by atoms with Crippen LogP contribution in [0.5, 0.6) is 5.75 Å². The maximum Gasteiger partial charge on any atom is 0.257 e. The molecule has 0 radical (unpaired) electrons. The second-order valence-corrected chi connectivity index (χ2v) is 10.3. The van der Waals surface area contributed by atoms with Crippen LogP contribution in [0.4, 0.5) is 0 Å². The van der Waals surface area contributed by atoms with Crippen LogP contribution in [0.3, 0.4) is 0 Å². The fourth-order valence-electron chi connectivity index (χ4n) is 5.23. The fourth-order valence-corrected chi connectivity index (χ4v) is 5.23. The highest BCUT2D eigenvalue weighted by atomic mass is 16.6. The van der Waals surface area contributed by atoms with Crippen molar-refractivity contribution in [3.05, 3.63) is 78.0 Å². The number of benzene rings is 3. The van der Waals surface area contributed by atoms with Gasteiger partial charge in [-0.3, -0.25) is 9.59 Å². The highest BCUT2D eigenvalue weighted by molar-refractivity contribution is 6.07. The van der Waals surface area contributed by atoms with Gasteiger partial charge < -0.3 is 50.2 Å². The second-order valence-electron chi connectivity index (χ2n) is 10.3. The van der Waals surface area contributed by atoms with Gasteiger partial charge in [0.05, 0.1) is 24.3 Å². The molecule has 1 aliphatic heterocycles. The second kappa shape index (κ2) is 12.1. The van der Waals surface area contributed by atoms with Crippen LogP contribution in [0, 0.1) is 0 Å². The summed E-state index contributed by atoms with van der Waals surface area (Å²) in [5.41, 5.74) is -0.478. The molecule has 1 saturated heterocycles. The van der Waals surface area contributed by atoms with Crippen LogP contribution in [0.1, 0.15) is 15.9 Å². The normalized spacial score (nSPS) is 24.0. The third-order valence-electron chi connectivity index (χ3n) is 7.68. The van der Waals surface area contributed by atoms with Gasteiger partial charge in [0, 0.05) is 31.2 Å². The molecule has 5 atom stereocenters. The van der Waals surface area contributed by atoms with Crippen molar-refractivity contribution >= 4 is 33.5 Å². The van der Waals surface area contributed by atoms with Crippen molar-refractivity contribution in [3.8, 4) is 5.75 Å². The van der Waals surface area contributed by atoms with Crippen molar-refractivity contribution in [2.24, 2.45) is 0 Å². The van der Waals surface area contributed by atoms with Crippen molar-refractivity contribution in [1.82, 2.24) is 15.2 Å². The third-order valence-corrected chi connectivity index (χ3v) is 7.68. The van der Waals surface area contributed by atoms with Crippen molar-refractivity contribution in [1.29, 1.82) is 0 Å². The number of aromatic nitrogens is 1. The lowest BCUT2D eigenvalue weighted by molar-refractivity contribution is -0.288. The summed E-state index contributed by atoms with van der Waals surface area (Å²) < 4.78 is 12.7. The van der Waals surface area contributed by atoms with Crippen LogP contribution in [0.25, 0.3) is 21.7 Å². The van der Waals surface area contributed by atoms with E-state index in [0.717, 1.165) is 16.3 Å². The Morgan fingerprint density at radius 3 is 2.50 bits per heavy atom. The Bertz CT molecular complexity index is 1610. The molecule has 0 spiro atoms. The first-order chi connectivity index (χ1) is 20.2. The maximum atomic E-state index is 13.7. The van der Waals surface area contributed by atoms with Gasteiger partial charge in [-0.05, 0) is 34.5 Å². The molecule has 1 fully saturated rings. The molecule has 1 unspecified atom stereocenters. The number of nitrogens with zero attached hydrogens (tertiary/aromatic N) is 1.